The van der Waals surface area contributed by atoms with E-state index in [1.807, 2.05) is 31.2 Å². The second-order valence-corrected chi connectivity index (χ2v) is 5.43. The molecule has 5 heteroatoms. The van der Waals surface area contributed by atoms with Crippen LogP contribution in [0, 0.1) is 0 Å². The summed E-state index contributed by atoms with van der Waals surface area (Å²) < 4.78 is 5.70. The molecule has 0 radical (unpaired) electrons. The second kappa shape index (κ2) is 6.63. The molecule has 0 spiro atoms. The monoisotopic (exact) mass is 291 g/mol. The van der Waals surface area contributed by atoms with Crippen LogP contribution in [0.15, 0.2) is 29.6 Å². The Bertz CT molecular complexity index is 594. The Balaban J connectivity index is 2.14. The predicted molar refractivity (Wildman–Crippen MR) is 79.1 cm³/mol. The molecule has 1 N–H and O–H groups in total. The molecule has 0 aliphatic heterocycles. The summed E-state index contributed by atoms with van der Waals surface area (Å²) in [6, 6.07) is 7.86. The van der Waals surface area contributed by atoms with Crippen molar-refractivity contribution in [2.45, 2.75) is 33.0 Å². The lowest BCUT2D eigenvalue weighted by Gasteiger charge is -2.10. The highest BCUT2D eigenvalue weighted by molar-refractivity contribution is 7.13. The first-order valence-corrected chi connectivity index (χ1v) is 7.38. The highest BCUT2D eigenvalue weighted by Crippen LogP contribution is 2.25. The fourth-order valence-corrected chi connectivity index (χ4v) is 2.45. The number of aromatic carboxylic acids is 1. The average Bonchev–Trinajstić information content (AvgIpc) is 2.95. The van der Waals surface area contributed by atoms with Gasteiger partial charge >= 0.3 is 5.97 Å². The Hall–Kier alpha value is -1.72. The molecule has 0 aliphatic carbocycles. The third kappa shape index (κ3) is 3.65. The molecule has 0 aliphatic rings. The summed E-state index contributed by atoms with van der Waals surface area (Å²) in [5.41, 5.74) is 2.08. The Morgan fingerprint density at radius 1 is 1.50 bits per heavy atom. The standard InChI is InChI=1S/C15H17NO3S/c1-3-10(2)19-8-11-5-4-6-12(7-11)14-16-13(9-20-14)15(17)18/h4-7,9-10H,3,8H2,1-2H3,(H,17,18). The highest BCUT2D eigenvalue weighted by atomic mass is 32.1. The van der Waals surface area contributed by atoms with E-state index >= 15 is 0 Å². The Kier molecular flexibility index (Phi) is 4.87. The predicted octanol–water partition coefficient (Wildman–Crippen LogP) is 3.82. The van der Waals surface area contributed by atoms with E-state index in [0.29, 0.717) is 11.6 Å². The van der Waals surface area contributed by atoms with E-state index in [1.165, 1.54) is 11.3 Å². The van der Waals surface area contributed by atoms with Crippen LogP contribution in [0.4, 0.5) is 0 Å². The molecule has 1 atom stereocenters. The molecule has 1 unspecified atom stereocenters. The lowest BCUT2D eigenvalue weighted by molar-refractivity contribution is 0.0508. The Morgan fingerprint density at radius 2 is 2.30 bits per heavy atom. The third-order valence-electron chi connectivity index (χ3n) is 3.01. The fourth-order valence-electron chi connectivity index (χ4n) is 1.66. The molecule has 0 saturated carbocycles. The van der Waals surface area contributed by atoms with Gasteiger partial charge in [-0.25, -0.2) is 9.78 Å². The lowest BCUT2D eigenvalue weighted by atomic mass is 10.1. The van der Waals surface area contributed by atoms with Gasteiger partial charge in [0.2, 0.25) is 0 Å². The Labute approximate surface area is 122 Å². The van der Waals surface area contributed by atoms with Gasteiger partial charge in [-0.15, -0.1) is 11.3 Å². The summed E-state index contributed by atoms with van der Waals surface area (Å²) in [6.45, 7) is 4.69. The van der Waals surface area contributed by atoms with E-state index in [2.05, 4.69) is 11.9 Å². The van der Waals surface area contributed by atoms with Crippen LogP contribution in [0.2, 0.25) is 0 Å². The molecular weight excluding hydrogens is 274 g/mol. The molecule has 0 bridgehead atoms. The van der Waals surface area contributed by atoms with Crippen LogP contribution in [0.3, 0.4) is 0 Å². The quantitative estimate of drug-likeness (QED) is 0.879. The van der Waals surface area contributed by atoms with E-state index in [-0.39, 0.29) is 11.8 Å². The van der Waals surface area contributed by atoms with Crippen molar-refractivity contribution in [3.8, 4) is 10.6 Å². The normalized spacial score (nSPS) is 12.3. The number of thiazole rings is 1. The molecule has 2 rings (SSSR count). The maximum Gasteiger partial charge on any atom is 0.355 e. The van der Waals surface area contributed by atoms with Crippen molar-refractivity contribution in [1.82, 2.24) is 4.98 Å². The van der Waals surface area contributed by atoms with Gasteiger partial charge < -0.3 is 9.84 Å². The average molecular weight is 291 g/mol. The first-order chi connectivity index (χ1) is 9.60. The van der Waals surface area contributed by atoms with Crippen LogP contribution >= 0.6 is 11.3 Å². The molecule has 1 aromatic carbocycles. The third-order valence-corrected chi connectivity index (χ3v) is 3.90. The molecule has 1 heterocycles. The van der Waals surface area contributed by atoms with E-state index in [9.17, 15) is 4.79 Å². The number of hydrogen-bond acceptors (Lipinski definition) is 4. The summed E-state index contributed by atoms with van der Waals surface area (Å²) in [6.07, 6.45) is 1.21. The van der Waals surface area contributed by atoms with E-state index in [0.717, 1.165) is 17.5 Å². The smallest absolute Gasteiger partial charge is 0.355 e. The molecule has 0 fully saturated rings. The first-order valence-electron chi connectivity index (χ1n) is 6.50. The van der Waals surface area contributed by atoms with Crippen molar-refractivity contribution in [2.75, 3.05) is 0 Å². The minimum Gasteiger partial charge on any atom is -0.476 e. The molecule has 0 saturated heterocycles. The SMILES string of the molecule is CCC(C)OCc1cccc(-c2nc(C(=O)O)cs2)c1. The van der Waals surface area contributed by atoms with Crippen molar-refractivity contribution >= 4 is 17.3 Å². The molecule has 4 nitrogen and oxygen atoms in total. The van der Waals surface area contributed by atoms with Crippen LogP contribution < -0.4 is 0 Å². The maximum absolute atomic E-state index is 10.8. The summed E-state index contributed by atoms with van der Waals surface area (Å²) in [5.74, 6) is -0.997. The number of hydrogen-bond donors (Lipinski definition) is 1. The van der Waals surface area contributed by atoms with Gasteiger partial charge in [-0.3, -0.25) is 0 Å². The van der Waals surface area contributed by atoms with Gasteiger partial charge in [0.05, 0.1) is 12.7 Å². The summed E-state index contributed by atoms with van der Waals surface area (Å²) >= 11 is 1.34. The van der Waals surface area contributed by atoms with Gasteiger partial charge in [0.1, 0.15) is 5.01 Å². The summed E-state index contributed by atoms with van der Waals surface area (Å²) in [7, 11) is 0. The van der Waals surface area contributed by atoms with Crippen molar-refractivity contribution in [3.05, 3.63) is 40.9 Å². The molecule has 106 valence electrons. The number of carboxylic acids is 1. The minimum absolute atomic E-state index is 0.0891. The van der Waals surface area contributed by atoms with E-state index in [1.54, 1.807) is 5.38 Å². The molecule has 2 aromatic rings. The Morgan fingerprint density at radius 3 is 2.95 bits per heavy atom. The number of benzene rings is 1. The van der Waals surface area contributed by atoms with E-state index in [4.69, 9.17) is 9.84 Å². The number of ether oxygens (including phenoxy) is 1. The zero-order chi connectivity index (χ0) is 14.5. The number of nitrogens with zero attached hydrogens (tertiary/aromatic N) is 1. The number of aromatic nitrogens is 1. The molecular formula is C15H17NO3S. The van der Waals surface area contributed by atoms with Crippen molar-refractivity contribution in [1.29, 1.82) is 0 Å². The second-order valence-electron chi connectivity index (χ2n) is 4.57. The van der Waals surface area contributed by atoms with Gasteiger partial charge in [-0.2, -0.15) is 0 Å². The molecule has 20 heavy (non-hydrogen) atoms. The van der Waals surface area contributed by atoms with Gasteiger partial charge in [0.15, 0.2) is 5.69 Å². The largest absolute Gasteiger partial charge is 0.476 e. The number of rotatable bonds is 6. The first kappa shape index (κ1) is 14.7. The van der Waals surface area contributed by atoms with Crippen LogP contribution in [0.5, 0.6) is 0 Å². The number of carbonyl (C=O) groups is 1. The zero-order valence-corrected chi connectivity index (χ0v) is 12.3. The van der Waals surface area contributed by atoms with Gasteiger partial charge in [0, 0.05) is 10.9 Å². The zero-order valence-electron chi connectivity index (χ0n) is 11.5. The lowest BCUT2D eigenvalue weighted by Crippen LogP contribution is -2.05. The van der Waals surface area contributed by atoms with Crippen molar-refractivity contribution in [2.24, 2.45) is 0 Å². The van der Waals surface area contributed by atoms with Gasteiger partial charge in [-0.1, -0.05) is 25.1 Å². The minimum atomic E-state index is -0.997. The molecule has 0 amide bonds. The van der Waals surface area contributed by atoms with Crippen LogP contribution in [0.25, 0.3) is 10.6 Å². The summed E-state index contributed by atoms with van der Waals surface area (Å²) in [4.78, 5) is 15.0. The fraction of sp³-hybridized carbons (Fsp3) is 0.333. The van der Waals surface area contributed by atoms with Crippen molar-refractivity contribution in [3.63, 3.8) is 0 Å². The van der Waals surface area contributed by atoms with Crippen LogP contribution in [-0.4, -0.2) is 22.2 Å². The van der Waals surface area contributed by atoms with Crippen LogP contribution in [0.1, 0.15) is 36.3 Å². The van der Waals surface area contributed by atoms with Gasteiger partial charge in [0.25, 0.3) is 0 Å². The number of carboxylic acid groups (broad SMARTS) is 1. The highest BCUT2D eigenvalue weighted by Gasteiger charge is 2.10. The van der Waals surface area contributed by atoms with Crippen molar-refractivity contribution < 1.29 is 14.6 Å². The van der Waals surface area contributed by atoms with E-state index < -0.39 is 5.97 Å². The van der Waals surface area contributed by atoms with Gasteiger partial charge in [-0.05, 0) is 25.0 Å². The topological polar surface area (TPSA) is 59.4 Å². The molecule has 1 aromatic heterocycles. The maximum atomic E-state index is 10.8. The van der Waals surface area contributed by atoms with Crippen LogP contribution in [-0.2, 0) is 11.3 Å². The summed E-state index contributed by atoms with van der Waals surface area (Å²) in [5, 5.41) is 11.2.